The lowest BCUT2D eigenvalue weighted by Crippen LogP contribution is -2.10. The van der Waals surface area contributed by atoms with E-state index in [-0.39, 0.29) is 15.2 Å². The lowest BCUT2D eigenvalue weighted by atomic mass is 10.2. The fourth-order valence-electron chi connectivity index (χ4n) is 1.18. The van der Waals surface area contributed by atoms with Gasteiger partial charge in [0.05, 0.1) is 5.69 Å². The van der Waals surface area contributed by atoms with Gasteiger partial charge in [-0.1, -0.05) is 24.7 Å². The molecule has 0 saturated heterocycles. The van der Waals surface area contributed by atoms with Gasteiger partial charge in [-0.25, -0.2) is 13.4 Å². The van der Waals surface area contributed by atoms with E-state index in [1.165, 1.54) is 6.92 Å². The SMILES string of the molecule is CCCCC(=O)Nc1nc(C)c(S(=O)(=O)Cl)s1. The van der Waals surface area contributed by atoms with E-state index < -0.39 is 9.05 Å². The molecule has 0 spiro atoms. The molecule has 1 heterocycles. The standard InChI is InChI=1S/C9H13ClN2O3S2/c1-3-4-5-7(13)12-9-11-6(2)8(16-9)17(10,14)15/h3-5H2,1-2H3,(H,11,12,13). The van der Waals surface area contributed by atoms with Gasteiger partial charge in [-0.2, -0.15) is 0 Å². The van der Waals surface area contributed by atoms with Gasteiger partial charge >= 0.3 is 0 Å². The molecule has 0 fully saturated rings. The van der Waals surface area contributed by atoms with E-state index in [0.29, 0.717) is 12.1 Å². The van der Waals surface area contributed by atoms with Crippen LogP contribution >= 0.6 is 22.0 Å². The third-order valence-electron chi connectivity index (χ3n) is 1.98. The van der Waals surface area contributed by atoms with E-state index in [4.69, 9.17) is 10.7 Å². The van der Waals surface area contributed by atoms with Crippen molar-refractivity contribution < 1.29 is 13.2 Å². The molecule has 1 aromatic rings. The molecule has 1 amide bonds. The summed E-state index contributed by atoms with van der Waals surface area (Å²) in [6.07, 6.45) is 2.11. The van der Waals surface area contributed by atoms with Crippen LogP contribution in [0.15, 0.2) is 4.21 Å². The Morgan fingerprint density at radius 2 is 2.18 bits per heavy atom. The van der Waals surface area contributed by atoms with Crippen molar-refractivity contribution in [2.75, 3.05) is 5.32 Å². The maximum atomic E-state index is 11.4. The Kier molecular flexibility index (Phi) is 4.91. The zero-order valence-corrected chi connectivity index (χ0v) is 11.9. The highest BCUT2D eigenvalue weighted by molar-refractivity contribution is 8.15. The summed E-state index contributed by atoms with van der Waals surface area (Å²) >= 11 is 0.865. The predicted molar refractivity (Wildman–Crippen MR) is 68.0 cm³/mol. The van der Waals surface area contributed by atoms with Crippen LogP contribution in [0.3, 0.4) is 0 Å². The lowest BCUT2D eigenvalue weighted by Gasteiger charge is -1.99. The summed E-state index contributed by atoms with van der Waals surface area (Å²) in [5.74, 6) is -0.167. The van der Waals surface area contributed by atoms with Gasteiger partial charge in [-0.05, 0) is 13.3 Å². The summed E-state index contributed by atoms with van der Waals surface area (Å²) in [5.41, 5.74) is 0.302. The van der Waals surface area contributed by atoms with Crippen molar-refractivity contribution in [3.05, 3.63) is 5.69 Å². The van der Waals surface area contributed by atoms with Gasteiger partial charge in [0.15, 0.2) is 9.34 Å². The van der Waals surface area contributed by atoms with Crippen LogP contribution in [0.1, 0.15) is 31.9 Å². The second-order valence-electron chi connectivity index (χ2n) is 3.48. The number of hydrogen-bond acceptors (Lipinski definition) is 5. The predicted octanol–water partition coefficient (Wildman–Crippen LogP) is 2.51. The average molecular weight is 297 g/mol. The molecule has 1 aromatic heterocycles. The lowest BCUT2D eigenvalue weighted by molar-refractivity contribution is -0.116. The quantitative estimate of drug-likeness (QED) is 0.847. The van der Waals surface area contributed by atoms with Crippen LogP contribution in [0.2, 0.25) is 0 Å². The first-order chi connectivity index (χ1) is 7.84. The van der Waals surface area contributed by atoms with Crippen molar-refractivity contribution in [2.45, 2.75) is 37.3 Å². The monoisotopic (exact) mass is 296 g/mol. The molecule has 96 valence electrons. The van der Waals surface area contributed by atoms with Crippen LogP contribution < -0.4 is 5.32 Å². The van der Waals surface area contributed by atoms with E-state index in [0.717, 1.165) is 24.2 Å². The van der Waals surface area contributed by atoms with Gasteiger partial charge in [0.2, 0.25) is 5.91 Å². The molecule has 0 unspecified atom stereocenters. The molecule has 5 nitrogen and oxygen atoms in total. The molecule has 17 heavy (non-hydrogen) atoms. The van der Waals surface area contributed by atoms with Crippen LogP contribution in [0.5, 0.6) is 0 Å². The Morgan fingerprint density at radius 3 is 2.65 bits per heavy atom. The smallest absolute Gasteiger partial charge is 0.272 e. The average Bonchev–Trinajstić information content (AvgIpc) is 2.56. The molecule has 0 saturated carbocycles. The number of anilines is 1. The Bertz CT molecular complexity index is 510. The van der Waals surface area contributed by atoms with E-state index in [1.807, 2.05) is 6.92 Å². The van der Waals surface area contributed by atoms with Gasteiger partial charge in [0.1, 0.15) is 0 Å². The van der Waals surface area contributed by atoms with Gasteiger partial charge in [-0.15, -0.1) is 0 Å². The number of halogens is 1. The zero-order valence-electron chi connectivity index (χ0n) is 9.49. The van der Waals surface area contributed by atoms with Gasteiger partial charge in [0, 0.05) is 17.1 Å². The van der Waals surface area contributed by atoms with Crippen LogP contribution in [0.4, 0.5) is 5.13 Å². The van der Waals surface area contributed by atoms with Crippen LogP contribution in [-0.4, -0.2) is 19.3 Å². The minimum absolute atomic E-state index is 0.0232. The number of unbranched alkanes of at least 4 members (excludes halogenated alkanes) is 1. The van der Waals surface area contributed by atoms with Crippen LogP contribution in [0.25, 0.3) is 0 Å². The summed E-state index contributed by atoms with van der Waals surface area (Å²) < 4.78 is 22.3. The number of amides is 1. The van der Waals surface area contributed by atoms with Gasteiger partial charge in [0.25, 0.3) is 9.05 Å². The number of hydrogen-bond donors (Lipinski definition) is 1. The summed E-state index contributed by atoms with van der Waals surface area (Å²) in [7, 11) is 1.44. The highest BCUT2D eigenvalue weighted by Gasteiger charge is 2.19. The summed E-state index contributed by atoms with van der Waals surface area (Å²) in [6, 6.07) is 0. The van der Waals surface area contributed by atoms with E-state index in [9.17, 15) is 13.2 Å². The number of carbonyl (C=O) groups is 1. The maximum absolute atomic E-state index is 11.4. The number of rotatable bonds is 5. The summed E-state index contributed by atoms with van der Waals surface area (Å²) in [5, 5.41) is 2.82. The minimum Gasteiger partial charge on any atom is -0.302 e. The third-order valence-corrected chi connectivity index (χ3v) is 5.23. The van der Waals surface area contributed by atoms with Crippen molar-refractivity contribution in [2.24, 2.45) is 0 Å². The van der Waals surface area contributed by atoms with Gasteiger partial charge in [-0.3, -0.25) is 4.79 Å². The number of nitrogens with one attached hydrogen (secondary N) is 1. The zero-order chi connectivity index (χ0) is 13.1. The van der Waals surface area contributed by atoms with Crippen molar-refractivity contribution in [3.63, 3.8) is 0 Å². The number of aryl methyl sites for hydroxylation is 1. The first kappa shape index (κ1) is 14.4. The molecule has 0 atom stereocenters. The van der Waals surface area contributed by atoms with Crippen molar-refractivity contribution in [1.82, 2.24) is 4.98 Å². The topological polar surface area (TPSA) is 76.1 Å². The van der Waals surface area contributed by atoms with Gasteiger partial charge < -0.3 is 5.32 Å². The highest BCUT2D eigenvalue weighted by Crippen LogP contribution is 2.29. The molecule has 0 bridgehead atoms. The summed E-state index contributed by atoms with van der Waals surface area (Å²) in [6.45, 7) is 3.52. The number of aromatic nitrogens is 1. The Morgan fingerprint density at radius 1 is 1.53 bits per heavy atom. The maximum Gasteiger partial charge on any atom is 0.272 e. The molecular weight excluding hydrogens is 284 g/mol. The molecule has 0 aromatic carbocycles. The normalized spacial score (nSPS) is 11.5. The van der Waals surface area contributed by atoms with E-state index in [2.05, 4.69) is 10.3 Å². The second kappa shape index (κ2) is 5.79. The fraction of sp³-hybridized carbons (Fsp3) is 0.556. The molecule has 1 N–H and O–H groups in total. The molecule has 0 aliphatic heterocycles. The second-order valence-corrected chi connectivity index (χ2v) is 7.24. The van der Waals surface area contributed by atoms with E-state index >= 15 is 0 Å². The van der Waals surface area contributed by atoms with Crippen molar-refractivity contribution >= 4 is 42.1 Å². The van der Waals surface area contributed by atoms with E-state index in [1.54, 1.807) is 0 Å². The Balaban J connectivity index is 2.78. The first-order valence-electron chi connectivity index (χ1n) is 5.06. The largest absolute Gasteiger partial charge is 0.302 e. The minimum atomic E-state index is -3.79. The van der Waals surface area contributed by atoms with Crippen molar-refractivity contribution in [1.29, 1.82) is 0 Å². The molecular formula is C9H13ClN2O3S2. The molecule has 8 heteroatoms. The third kappa shape index (κ3) is 4.25. The molecule has 0 radical (unpaired) electrons. The summed E-state index contributed by atoms with van der Waals surface area (Å²) in [4.78, 5) is 15.4. The van der Waals surface area contributed by atoms with Crippen LogP contribution in [0, 0.1) is 6.92 Å². The fourth-order valence-corrected chi connectivity index (χ4v) is 3.55. The Labute approximate surface area is 109 Å². The van der Waals surface area contributed by atoms with Crippen molar-refractivity contribution in [3.8, 4) is 0 Å². The molecule has 0 aliphatic rings. The Hall–Kier alpha value is -0.660. The number of nitrogens with zero attached hydrogens (tertiary/aromatic N) is 1. The highest BCUT2D eigenvalue weighted by atomic mass is 35.7. The number of carbonyl (C=O) groups excluding carboxylic acids is 1. The number of thiazole rings is 1. The molecule has 0 aliphatic carbocycles. The first-order valence-corrected chi connectivity index (χ1v) is 8.19. The molecule has 1 rings (SSSR count). The van der Waals surface area contributed by atoms with Crippen LogP contribution in [-0.2, 0) is 13.8 Å².